The molecule has 1 aromatic heterocycles. The molecule has 9 heteroatoms. The van der Waals surface area contributed by atoms with Crippen LogP contribution in [0.3, 0.4) is 0 Å². The first-order chi connectivity index (χ1) is 15.5. The highest BCUT2D eigenvalue weighted by Gasteiger charge is 2.21. The smallest absolute Gasteiger partial charge is 0.206 e. The number of hydrogen-bond donors (Lipinski definition) is 3. The van der Waals surface area contributed by atoms with Gasteiger partial charge in [-0.1, -0.05) is 25.2 Å². The highest BCUT2D eigenvalue weighted by molar-refractivity contribution is 7.18. The fraction of sp³-hybridized carbons (Fsp3) is 0.304. The van der Waals surface area contributed by atoms with E-state index in [1.54, 1.807) is 18.2 Å². The Morgan fingerprint density at radius 1 is 1.16 bits per heavy atom. The summed E-state index contributed by atoms with van der Waals surface area (Å²) in [7, 11) is 0. The lowest BCUT2D eigenvalue weighted by molar-refractivity contribution is 0.104. The number of ketones is 1. The van der Waals surface area contributed by atoms with Gasteiger partial charge in [-0.15, -0.1) is 0 Å². The second kappa shape index (κ2) is 9.88. The molecule has 0 aliphatic carbocycles. The summed E-state index contributed by atoms with van der Waals surface area (Å²) < 4.78 is 16.8. The molecule has 2 aromatic carbocycles. The van der Waals surface area contributed by atoms with Crippen molar-refractivity contribution in [2.75, 3.05) is 37.4 Å². The Bertz CT molecular complexity index is 1080. The quantitative estimate of drug-likeness (QED) is 0.331. The number of fused-ring (bicyclic) bond motifs is 1. The average molecular weight is 455 g/mol. The Hall–Kier alpha value is -3.30. The van der Waals surface area contributed by atoms with Crippen LogP contribution in [0.4, 0.5) is 16.6 Å². The topological polar surface area (TPSA) is 108 Å². The number of nitrogen functional groups attached to an aromatic ring is 1. The number of benzene rings is 2. The fourth-order valence-electron chi connectivity index (χ4n) is 3.14. The van der Waals surface area contributed by atoms with Crippen LogP contribution in [0.25, 0.3) is 0 Å². The van der Waals surface area contributed by atoms with Gasteiger partial charge in [0, 0.05) is 23.8 Å². The molecule has 32 heavy (non-hydrogen) atoms. The number of hydrogen-bond acceptors (Lipinski definition) is 9. The van der Waals surface area contributed by atoms with Crippen LogP contribution in [0, 0.1) is 0 Å². The van der Waals surface area contributed by atoms with Crippen LogP contribution < -0.4 is 30.6 Å². The van der Waals surface area contributed by atoms with Crippen molar-refractivity contribution in [3.05, 3.63) is 52.9 Å². The molecule has 1 aliphatic rings. The maximum absolute atomic E-state index is 13.0. The van der Waals surface area contributed by atoms with E-state index < -0.39 is 0 Å². The number of anilines is 3. The minimum atomic E-state index is -0.205. The van der Waals surface area contributed by atoms with E-state index >= 15 is 0 Å². The van der Waals surface area contributed by atoms with Crippen molar-refractivity contribution in [3.63, 3.8) is 0 Å². The normalized spacial score (nSPS) is 12.6. The van der Waals surface area contributed by atoms with E-state index in [1.807, 2.05) is 24.3 Å². The van der Waals surface area contributed by atoms with Gasteiger partial charge in [-0.05, 0) is 42.5 Å². The lowest BCUT2D eigenvalue weighted by Crippen LogP contribution is -2.27. The number of ether oxygens (including phenoxy) is 3. The molecule has 168 valence electrons. The third kappa shape index (κ3) is 5.30. The van der Waals surface area contributed by atoms with Crippen LogP contribution in [0.2, 0.25) is 0 Å². The van der Waals surface area contributed by atoms with Gasteiger partial charge < -0.3 is 30.6 Å². The van der Waals surface area contributed by atoms with Crippen LogP contribution in [-0.2, 0) is 0 Å². The van der Waals surface area contributed by atoms with Gasteiger partial charge in [-0.3, -0.25) is 4.79 Å². The number of thiazole rings is 1. The number of aromatic nitrogens is 1. The highest BCUT2D eigenvalue weighted by Crippen LogP contribution is 2.34. The van der Waals surface area contributed by atoms with Crippen molar-refractivity contribution in [3.8, 4) is 17.2 Å². The minimum absolute atomic E-state index is 0.190. The van der Waals surface area contributed by atoms with Gasteiger partial charge in [0.05, 0.1) is 0 Å². The second-order valence-corrected chi connectivity index (χ2v) is 8.53. The van der Waals surface area contributed by atoms with Gasteiger partial charge in [-0.25, -0.2) is 4.98 Å². The third-order valence-corrected chi connectivity index (χ3v) is 5.68. The first kappa shape index (κ1) is 21.9. The summed E-state index contributed by atoms with van der Waals surface area (Å²) in [5, 5.41) is 7.04. The number of nitrogens with one attached hydrogen (secondary N) is 2. The molecule has 4 N–H and O–H groups in total. The molecule has 0 saturated carbocycles. The number of carbonyl (C=O) groups is 1. The van der Waals surface area contributed by atoms with Gasteiger partial charge in [0.25, 0.3) is 0 Å². The number of nitrogens with two attached hydrogens (primary N) is 1. The molecule has 0 radical (unpaired) electrons. The number of nitrogens with zero attached hydrogens (tertiary/aromatic N) is 1. The summed E-state index contributed by atoms with van der Waals surface area (Å²) in [6.07, 6.45) is 0. The van der Waals surface area contributed by atoms with Gasteiger partial charge >= 0.3 is 0 Å². The molecule has 0 saturated heterocycles. The lowest BCUT2D eigenvalue weighted by atomic mass is 10.1. The Labute approximate surface area is 190 Å². The molecule has 0 amide bonds. The molecular formula is C23H26N4O4S. The Balaban J connectivity index is 1.39. The van der Waals surface area contributed by atoms with E-state index in [9.17, 15) is 4.79 Å². The van der Waals surface area contributed by atoms with Gasteiger partial charge in [0.1, 0.15) is 36.3 Å². The lowest BCUT2D eigenvalue weighted by Gasteiger charge is -2.18. The van der Waals surface area contributed by atoms with Crippen molar-refractivity contribution >= 4 is 33.8 Å². The zero-order valence-electron chi connectivity index (χ0n) is 18.0. The van der Waals surface area contributed by atoms with E-state index in [-0.39, 0.29) is 11.6 Å². The molecule has 0 spiro atoms. The van der Waals surface area contributed by atoms with Crippen molar-refractivity contribution in [1.82, 2.24) is 10.3 Å². The van der Waals surface area contributed by atoms with Gasteiger partial charge in [-0.2, -0.15) is 0 Å². The molecule has 0 unspecified atom stereocenters. The third-order valence-electron chi connectivity index (χ3n) is 4.69. The summed E-state index contributed by atoms with van der Waals surface area (Å²) >= 11 is 1.21. The van der Waals surface area contributed by atoms with Crippen molar-refractivity contribution in [1.29, 1.82) is 0 Å². The number of carbonyl (C=O) groups excluding carboxylic acids is 1. The predicted octanol–water partition coefficient (Wildman–Crippen LogP) is 3.85. The first-order valence-corrected chi connectivity index (χ1v) is 11.2. The monoisotopic (exact) mass is 454 g/mol. The molecule has 2 heterocycles. The fourth-order valence-corrected chi connectivity index (χ4v) is 4.01. The standard InChI is InChI=1S/C23H26N4O4S/c1-14(2)25-9-10-29-17-6-4-16(5-7-17)26-23-27-22(24)21(32-23)20(28)15-3-8-18-19(13-15)31-12-11-30-18/h3-8,13-14,25H,9-12,24H2,1-2H3,(H,26,27). The van der Waals surface area contributed by atoms with Crippen LogP contribution >= 0.6 is 11.3 Å². The molecule has 3 aromatic rings. The zero-order valence-corrected chi connectivity index (χ0v) is 18.8. The summed E-state index contributed by atoms with van der Waals surface area (Å²) in [4.78, 5) is 17.7. The SMILES string of the molecule is CC(C)NCCOc1ccc(Nc2nc(N)c(C(=O)c3ccc4c(c3)OCCO4)s2)cc1. The van der Waals surface area contributed by atoms with Gasteiger partial charge in [0.2, 0.25) is 5.78 Å². The molecule has 0 atom stereocenters. The largest absolute Gasteiger partial charge is 0.492 e. The van der Waals surface area contributed by atoms with E-state index in [4.69, 9.17) is 19.9 Å². The van der Waals surface area contributed by atoms with Crippen LogP contribution in [0.15, 0.2) is 42.5 Å². The summed E-state index contributed by atoms with van der Waals surface area (Å²) in [6, 6.07) is 13.1. The summed E-state index contributed by atoms with van der Waals surface area (Å²) in [5.74, 6) is 1.97. The molecule has 0 fully saturated rings. The highest BCUT2D eigenvalue weighted by atomic mass is 32.1. The van der Waals surface area contributed by atoms with Crippen LogP contribution in [0.5, 0.6) is 17.2 Å². The van der Waals surface area contributed by atoms with Crippen molar-refractivity contribution in [2.24, 2.45) is 0 Å². The average Bonchev–Trinajstić information content (AvgIpc) is 3.16. The zero-order chi connectivity index (χ0) is 22.5. The van der Waals surface area contributed by atoms with Crippen molar-refractivity contribution < 1.29 is 19.0 Å². The van der Waals surface area contributed by atoms with Crippen LogP contribution in [0.1, 0.15) is 29.1 Å². The molecular weight excluding hydrogens is 428 g/mol. The van der Waals surface area contributed by atoms with E-state index in [0.717, 1.165) is 18.0 Å². The Morgan fingerprint density at radius 2 is 1.91 bits per heavy atom. The van der Waals surface area contributed by atoms with Gasteiger partial charge in [0.15, 0.2) is 16.6 Å². The molecule has 8 nitrogen and oxygen atoms in total. The van der Waals surface area contributed by atoms with Crippen molar-refractivity contribution in [2.45, 2.75) is 19.9 Å². The first-order valence-electron chi connectivity index (χ1n) is 10.4. The predicted molar refractivity (Wildman–Crippen MR) is 126 cm³/mol. The minimum Gasteiger partial charge on any atom is -0.492 e. The maximum Gasteiger partial charge on any atom is 0.206 e. The van der Waals surface area contributed by atoms with Crippen LogP contribution in [-0.4, -0.2) is 43.2 Å². The maximum atomic E-state index is 13.0. The molecule has 4 rings (SSSR count). The van der Waals surface area contributed by atoms with E-state index in [1.165, 1.54) is 11.3 Å². The van der Waals surface area contributed by atoms with E-state index in [0.29, 0.717) is 52.9 Å². The number of rotatable bonds is 9. The summed E-state index contributed by atoms with van der Waals surface area (Å²) in [6.45, 7) is 6.54. The molecule has 1 aliphatic heterocycles. The Kier molecular flexibility index (Phi) is 6.77. The second-order valence-electron chi connectivity index (χ2n) is 7.53. The summed E-state index contributed by atoms with van der Waals surface area (Å²) in [5.41, 5.74) is 7.34. The Morgan fingerprint density at radius 3 is 2.66 bits per heavy atom. The van der Waals surface area contributed by atoms with E-state index in [2.05, 4.69) is 29.5 Å². The molecule has 0 bridgehead atoms.